The summed E-state index contributed by atoms with van der Waals surface area (Å²) < 4.78 is 7.74. The second-order valence-corrected chi connectivity index (χ2v) is 6.72. The fourth-order valence-corrected chi connectivity index (χ4v) is 4.00. The number of para-hydroxylation sites is 1. The van der Waals surface area contributed by atoms with Gasteiger partial charge in [0.1, 0.15) is 0 Å². The fourth-order valence-electron chi connectivity index (χ4n) is 3.00. The molecule has 0 spiro atoms. The number of rotatable bonds is 4. The third kappa shape index (κ3) is 2.62. The van der Waals surface area contributed by atoms with Crippen LogP contribution in [0.25, 0.3) is 21.0 Å². The molecule has 2 aromatic carbocycles. The molecule has 4 aromatic rings. The van der Waals surface area contributed by atoms with Crippen molar-refractivity contribution in [3.63, 3.8) is 0 Å². The summed E-state index contributed by atoms with van der Waals surface area (Å²) in [5, 5.41) is 2.22. The second-order valence-electron chi connectivity index (χ2n) is 5.71. The van der Waals surface area contributed by atoms with E-state index in [-0.39, 0.29) is 17.9 Å². The molecule has 0 bridgehead atoms. The van der Waals surface area contributed by atoms with Gasteiger partial charge in [-0.1, -0.05) is 59.9 Å². The first kappa shape index (κ1) is 15.6. The van der Waals surface area contributed by atoms with Crippen LogP contribution < -0.4 is 10.3 Å². The standard InChI is InChI=1S/C20H15NO3S/c1-24-18-11-15-19(25-18)14-9-5-6-10-16(14)21(20(15)23)12-17(22)13-7-3-2-4-8-13/h2-11H,12H2,1H3. The maximum absolute atomic E-state index is 13.0. The average molecular weight is 349 g/mol. The molecule has 0 amide bonds. The van der Waals surface area contributed by atoms with Crippen LogP contribution in [0.4, 0.5) is 0 Å². The van der Waals surface area contributed by atoms with Gasteiger partial charge in [-0.15, -0.1) is 0 Å². The normalized spacial score (nSPS) is 11.1. The number of hydrogen-bond acceptors (Lipinski definition) is 4. The smallest absolute Gasteiger partial charge is 0.260 e. The van der Waals surface area contributed by atoms with Crippen molar-refractivity contribution >= 4 is 38.1 Å². The highest BCUT2D eigenvalue weighted by Crippen LogP contribution is 2.34. The zero-order valence-electron chi connectivity index (χ0n) is 13.6. The molecular formula is C20H15NO3S. The van der Waals surface area contributed by atoms with Crippen LogP contribution in [-0.2, 0) is 6.54 Å². The third-order valence-electron chi connectivity index (χ3n) is 4.22. The highest BCUT2D eigenvalue weighted by molar-refractivity contribution is 7.21. The van der Waals surface area contributed by atoms with Gasteiger partial charge < -0.3 is 4.74 Å². The Hall–Kier alpha value is -2.92. The molecule has 0 radical (unpaired) electrons. The summed E-state index contributed by atoms with van der Waals surface area (Å²) in [6, 6.07) is 18.4. The Balaban J connectivity index is 1.94. The average Bonchev–Trinajstić information content (AvgIpc) is 3.10. The number of fused-ring (bicyclic) bond motifs is 3. The Kier molecular flexibility index (Phi) is 3.86. The molecule has 0 aliphatic rings. The molecule has 0 aliphatic heterocycles. The van der Waals surface area contributed by atoms with E-state index in [9.17, 15) is 9.59 Å². The SMILES string of the molecule is COc1cc2c(=O)n(CC(=O)c3ccccc3)c3ccccc3c2s1. The Morgan fingerprint density at radius 2 is 1.76 bits per heavy atom. The lowest BCUT2D eigenvalue weighted by Crippen LogP contribution is -2.24. The van der Waals surface area contributed by atoms with E-state index >= 15 is 0 Å². The van der Waals surface area contributed by atoms with Crippen LogP contribution in [0.5, 0.6) is 5.06 Å². The molecule has 0 atom stereocenters. The molecule has 4 nitrogen and oxygen atoms in total. The van der Waals surface area contributed by atoms with Gasteiger partial charge >= 0.3 is 0 Å². The Morgan fingerprint density at radius 3 is 2.52 bits per heavy atom. The first-order chi connectivity index (χ1) is 12.2. The number of carbonyl (C=O) groups is 1. The van der Waals surface area contributed by atoms with Gasteiger partial charge in [0.05, 0.1) is 29.3 Å². The van der Waals surface area contributed by atoms with Crippen LogP contribution in [0.1, 0.15) is 10.4 Å². The Labute approximate surface area is 147 Å². The maximum Gasteiger partial charge on any atom is 0.260 e. The first-order valence-corrected chi connectivity index (χ1v) is 8.68. The quantitative estimate of drug-likeness (QED) is 0.521. The predicted octanol–water partition coefficient (Wildman–Crippen LogP) is 4.11. The summed E-state index contributed by atoms with van der Waals surface area (Å²) in [6.07, 6.45) is 0. The molecule has 25 heavy (non-hydrogen) atoms. The van der Waals surface area contributed by atoms with Gasteiger partial charge in [0.25, 0.3) is 5.56 Å². The zero-order chi connectivity index (χ0) is 17.4. The third-order valence-corrected chi connectivity index (χ3v) is 5.35. The summed E-state index contributed by atoms with van der Waals surface area (Å²) in [7, 11) is 1.59. The number of methoxy groups -OCH3 is 1. The number of thiophene rings is 1. The van der Waals surface area contributed by atoms with Crippen molar-refractivity contribution in [2.24, 2.45) is 0 Å². The lowest BCUT2D eigenvalue weighted by atomic mass is 10.1. The molecule has 4 rings (SSSR count). The van der Waals surface area contributed by atoms with Gasteiger partial charge in [0.2, 0.25) is 0 Å². The monoisotopic (exact) mass is 349 g/mol. The first-order valence-electron chi connectivity index (χ1n) is 7.86. The number of carbonyl (C=O) groups excluding carboxylic acids is 1. The van der Waals surface area contributed by atoms with E-state index in [0.717, 1.165) is 15.6 Å². The van der Waals surface area contributed by atoms with Gasteiger partial charge in [0, 0.05) is 17.0 Å². The van der Waals surface area contributed by atoms with Crippen LogP contribution in [0.3, 0.4) is 0 Å². The van der Waals surface area contributed by atoms with Crippen LogP contribution in [0, 0.1) is 0 Å². The molecule has 0 N–H and O–H groups in total. The maximum atomic E-state index is 13.0. The number of Topliss-reactive ketones (excluding diaryl/α,β-unsaturated/α-hetero) is 1. The van der Waals surface area contributed by atoms with Crippen molar-refractivity contribution in [3.8, 4) is 5.06 Å². The van der Waals surface area contributed by atoms with Gasteiger partial charge in [-0.3, -0.25) is 14.2 Å². The molecule has 0 unspecified atom stereocenters. The van der Waals surface area contributed by atoms with E-state index in [1.807, 2.05) is 42.5 Å². The largest absolute Gasteiger partial charge is 0.487 e. The number of benzene rings is 2. The minimum atomic E-state index is -0.169. The molecule has 124 valence electrons. The van der Waals surface area contributed by atoms with Crippen molar-refractivity contribution < 1.29 is 9.53 Å². The van der Waals surface area contributed by atoms with Crippen LogP contribution in [0.2, 0.25) is 0 Å². The van der Waals surface area contributed by atoms with E-state index in [1.54, 1.807) is 29.9 Å². The van der Waals surface area contributed by atoms with E-state index in [4.69, 9.17) is 4.74 Å². The van der Waals surface area contributed by atoms with Crippen molar-refractivity contribution in [2.75, 3.05) is 7.11 Å². The van der Waals surface area contributed by atoms with Gasteiger partial charge in [0.15, 0.2) is 10.8 Å². The summed E-state index contributed by atoms with van der Waals surface area (Å²) in [6.45, 7) is 0.0114. The zero-order valence-corrected chi connectivity index (χ0v) is 14.4. The van der Waals surface area contributed by atoms with Crippen molar-refractivity contribution in [3.05, 3.63) is 76.6 Å². The van der Waals surface area contributed by atoms with E-state index in [1.165, 1.54) is 11.3 Å². The molecule has 0 saturated heterocycles. The van der Waals surface area contributed by atoms with Crippen LogP contribution >= 0.6 is 11.3 Å². The summed E-state index contributed by atoms with van der Waals surface area (Å²) >= 11 is 1.44. The molecule has 0 saturated carbocycles. The lowest BCUT2D eigenvalue weighted by molar-refractivity contribution is 0.0972. The molecule has 0 aliphatic carbocycles. The summed E-state index contributed by atoms with van der Waals surface area (Å²) in [5.74, 6) is -0.0885. The number of ketones is 1. The van der Waals surface area contributed by atoms with E-state index < -0.39 is 0 Å². The Morgan fingerprint density at radius 1 is 1.04 bits per heavy atom. The van der Waals surface area contributed by atoms with Crippen molar-refractivity contribution in [2.45, 2.75) is 6.54 Å². The number of hydrogen-bond donors (Lipinski definition) is 0. The van der Waals surface area contributed by atoms with Gasteiger partial charge in [-0.25, -0.2) is 0 Å². The highest BCUT2D eigenvalue weighted by Gasteiger charge is 2.16. The second kappa shape index (κ2) is 6.18. The predicted molar refractivity (Wildman–Crippen MR) is 101 cm³/mol. The molecule has 0 fully saturated rings. The number of aromatic nitrogens is 1. The molecule has 5 heteroatoms. The number of nitrogens with zero attached hydrogens (tertiary/aromatic N) is 1. The van der Waals surface area contributed by atoms with Crippen molar-refractivity contribution in [1.82, 2.24) is 4.57 Å². The van der Waals surface area contributed by atoms with Crippen molar-refractivity contribution in [1.29, 1.82) is 0 Å². The fraction of sp³-hybridized carbons (Fsp3) is 0.100. The van der Waals surface area contributed by atoms with Crippen LogP contribution in [-0.4, -0.2) is 17.5 Å². The topological polar surface area (TPSA) is 48.3 Å². The summed E-state index contributed by atoms with van der Waals surface area (Å²) in [4.78, 5) is 25.6. The number of ether oxygens (including phenoxy) is 1. The minimum Gasteiger partial charge on any atom is -0.487 e. The molecule has 2 aromatic heterocycles. The highest BCUT2D eigenvalue weighted by atomic mass is 32.1. The summed E-state index contributed by atoms with van der Waals surface area (Å²) in [5.41, 5.74) is 1.19. The molecule has 2 heterocycles. The minimum absolute atomic E-state index is 0.0114. The van der Waals surface area contributed by atoms with E-state index in [2.05, 4.69) is 0 Å². The van der Waals surface area contributed by atoms with Gasteiger partial charge in [-0.2, -0.15) is 0 Å². The molecular weight excluding hydrogens is 334 g/mol. The lowest BCUT2D eigenvalue weighted by Gasteiger charge is -2.10. The van der Waals surface area contributed by atoms with Crippen LogP contribution in [0.15, 0.2) is 65.5 Å². The Bertz CT molecular complexity index is 1140. The number of pyridine rings is 1. The van der Waals surface area contributed by atoms with E-state index in [0.29, 0.717) is 16.0 Å². The van der Waals surface area contributed by atoms with Gasteiger partial charge in [-0.05, 0) is 6.07 Å².